The highest BCUT2D eigenvalue weighted by Crippen LogP contribution is 2.22. The molecule has 7 nitrogen and oxygen atoms in total. The summed E-state index contributed by atoms with van der Waals surface area (Å²) in [7, 11) is 0. The minimum atomic E-state index is -0.0318. The van der Waals surface area contributed by atoms with E-state index in [9.17, 15) is 4.79 Å². The molecule has 0 aliphatic carbocycles. The van der Waals surface area contributed by atoms with E-state index >= 15 is 0 Å². The SMILES string of the molecule is Cc1nnc2sc(C(=O)NCCN3CCOCC3)c(C)n12. The summed E-state index contributed by atoms with van der Waals surface area (Å²) in [5.74, 6) is 0.779. The molecule has 0 saturated carbocycles. The van der Waals surface area contributed by atoms with Gasteiger partial charge in [0.25, 0.3) is 5.91 Å². The van der Waals surface area contributed by atoms with Gasteiger partial charge in [0.1, 0.15) is 10.7 Å². The van der Waals surface area contributed by atoms with Crippen molar-refractivity contribution in [3.8, 4) is 0 Å². The molecule has 0 aromatic carbocycles. The predicted octanol–water partition coefficient (Wildman–Crippen LogP) is 0.470. The van der Waals surface area contributed by atoms with E-state index in [0.29, 0.717) is 11.4 Å². The van der Waals surface area contributed by atoms with Gasteiger partial charge in [-0.1, -0.05) is 11.3 Å². The number of carbonyl (C=O) groups excluding carboxylic acids is 1. The molecule has 114 valence electrons. The topological polar surface area (TPSA) is 71.8 Å². The molecule has 1 fully saturated rings. The van der Waals surface area contributed by atoms with Crippen molar-refractivity contribution < 1.29 is 9.53 Å². The molecule has 0 atom stereocenters. The van der Waals surface area contributed by atoms with Gasteiger partial charge in [-0.05, 0) is 13.8 Å². The summed E-state index contributed by atoms with van der Waals surface area (Å²) in [6, 6.07) is 0. The van der Waals surface area contributed by atoms with E-state index in [2.05, 4.69) is 20.4 Å². The van der Waals surface area contributed by atoms with Crippen molar-refractivity contribution in [3.63, 3.8) is 0 Å². The number of amides is 1. The zero-order valence-corrected chi connectivity index (χ0v) is 13.1. The molecule has 1 aliphatic rings. The zero-order chi connectivity index (χ0) is 14.8. The second-order valence-corrected chi connectivity index (χ2v) is 6.07. The van der Waals surface area contributed by atoms with E-state index in [-0.39, 0.29) is 5.91 Å². The van der Waals surface area contributed by atoms with E-state index in [1.807, 2.05) is 18.2 Å². The van der Waals surface area contributed by atoms with Gasteiger partial charge in [-0.3, -0.25) is 14.1 Å². The summed E-state index contributed by atoms with van der Waals surface area (Å²) < 4.78 is 7.22. The van der Waals surface area contributed by atoms with Crippen molar-refractivity contribution in [1.82, 2.24) is 24.8 Å². The van der Waals surface area contributed by atoms with Gasteiger partial charge < -0.3 is 10.1 Å². The van der Waals surface area contributed by atoms with E-state index in [4.69, 9.17) is 4.74 Å². The first-order chi connectivity index (χ1) is 10.2. The van der Waals surface area contributed by atoms with Crippen LogP contribution in [0.25, 0.3) is 4.96 Å². The Kier molecular flexibility index (Phi) is 4.18. The third-order valence-corrected chi connectivity index (χ3v) is 4.81. The van der Waals surface area contributed by atoms with Crippen LogP contribution in [0.2, 0.25) is 0 Å². The highest BCUT2D eigenvalue weighted by atomic mass is 32.1. The lowest BCUT2D eigenvalue weighted by molar-refractivity contribution is 0.0383. The first kappa shape index (κ1) is 14.4. The number of aryl methyl sites for hydroxylation is 2. The van der Waals surface area contributed by atoms with Gasteiger partial charge in [0.2, 0.25) is 4.96 Å². The van der Waals surface area contributed by atoms with Crippen molar-refractivity contribution in [2.45, 2.75) is 13.8 Å². The van der Waals surface area contributed by atoms with Crippen LogP contribution < -0.4 is 5.32 Å². The molecule has 1 amide bonds. The monoisotopic (exact) mass is 309 g/mol. The van der Waals surface area contributed by atoms with Crippen LogP contribution in [-0.2, 0) is 4.74 Å². The Morgan fingerprint density at radius 2 is 2.10 bits per heavy atom. The zero-order valence-electron chi connectivity index (χ0n) is 12.3. The number of rotatable bonds is 4. The van der Waals surface area contributed by atoms with Crippen LogP contribution in [0.1, 0.15) is 21.2 Å². The Morgan fingerprint density at radius 1 is 1.33 bits per heavy atom. The number of thiazole rings is 1. The van der Waals surface area contributed by atoms with Gasteiger partial charge in [0.15, 0.2) is 0 Å². The molecule has 2 aromatic rings. The third-order valence-electron chi connectivity index (χ3n) is 3.68. The van der Waals surface area contributed by atoms with Gasteiger partial charge >= 0.3 is 0 Å². The second kappa shape index (κ2) is 6.08. The maximum atomic E-state index is 12.3. The van der Waals surface area contributed by atoms with Crippen molar-refractivity contribution in [2.24, 2.45) is 0 Å². The van der Waals surface area contributed by atoms with Gasteiger partial charge in [-0.15, -0.1) is 10.2 Å². The number of hydrogen-bond acceptors (Lipinski definition) is 6. The largest absolute Gasteiger partial charge is 0.379 e. The third kappa shape index (κ3) is 2.92. The lowest BCUT2D eigenvalue weighted by Crippen LogP contribution is -2.41. The van der Waals surface area contributed by atoms with Crippen molar-refractivity contribution in [3.05, 3.63) is 16.4 Å². The number of nitrogens with zero attached hydrogens (tertiary/aromatic N) is 4. The first-order valence-corrected chi connectivity index (χ1v) is 7.88. The smallest absolute Gasteiger partial charge is 0.263 e. The molecule has 0 bridgehead atoms. The Morgan fingerprint density at radius 3 is 2.81 bits per heavy atom. The number of aromatic nitrogens is 3. The summed E-state index contributed by atoms with van der Waals surface area (Å²) in [6.45, 7) is 8.76. The highest BCUT2D eigenvalue weighted by Gasteiger charge is 2.18. The number of carbonyl (C=O) groups is 1. The van der Waals surface area contributed by atoms with Crippen molar-refractivity contribution in [2.75, 3.05) is 39.4 Å². The Labute approximate surface area is 126 Å². The van der Waals surface area contributed by atoms with Crippen molar-refractivity contribution >= 4 is 22.2 Å². The van der Waals surface area contributed by atoms with Crippen LogP contribution in [0, 0.1) is 13.8 Å². The van der Waals surface area contributed by atoms with E-state index in [0.717, 1.165) is 49.3 Å². The van der Waals surface area contributed by atoms with E-state index in [1.165, 1.54) is 11.3 Å². The minimum Gasteiger partial charge on any atom is -0.379 e. The molecular weight excluding hydrogens is 290 g/mol. The fourth-order valence-electron chi connectivity index (χ4n) is 2.51. The summed E-state index contributed by atoms with van der Waals surface area (Å²) >= 11 is 1.38. The molecule has 1 saturated heterocycles. The first-order valence-electron chi connectivity index (χ1n) is 7.06. The summed E-state index contributed by atoms with van der Waals surface area (Å²) in [6.07, 6.45) is 0. The molecular formula is C13H19N5O2S. The summed E-state index contributed by atoms with van der Waals surface area (Å²) in [5, 5.41) is 11.1. The maximum absolute atomic E-state index is 12.3. The van der Waals surface area contributed by atoms with Crippen LogP contribution in [0.3, 0.4) is 0 Å². The standard InChI is InChI=1S/C13H19N5O2S/c1-9-11(21-13-16-15-10(2)18(9)13)12(19)14-3-4-17-5-7-20-8-6-17/h3-8H2,1-2H3,(H,14,19). The van der Waals surface area contributed by atoms with Crippen LogP contribution >= 0.6 is 11.3 Å². The normalized spacial score (nSPS) is 16.5. The van der Waals surface area contributed by atoms with Gasteiger partial charge in [-0.25, -0.2) is 0 Å². The Hall–Kier alpha value is -1.51. The van der Waals surface area contributed by atoms with Crippen LogP contribution in [-0.4, -0.2) is 64.8 Å². The molecule has 8 heteroatoms. The van der Waals surface area contributed by atoms with Crippen molar-refractivity contribution in [1.29, 1.82) is 0 Å². The molecule has 1 N–H and O–H groups in total. The molecule has 0 spiro atoms. The predicted molar refractivity (Wildman–Crippen MR) is 79.9 cm³/mol. The maximum Gasteiger partial charge on any atom is 0.263 e. The molecule has 0 unspecified atom stereocenters. The average Bonchev–Trinajstić information content (AvgIpc) is 3.01. The number of fused-ring (bicyclic) bond motifs is 1. The van der Waals surface area contributed by atoms with Gasteiger partial charge in [0, 0.05) is 31.9 Å². The van der Waals surface area contributed by atoms with E-state index < -0.39 is 0 Å². The lowest BCUT2D eigenvalue weighted by Gasteiger charge is -2.26. The quantitative estimate of drug-likeness (QED) is 0.889. The average molecular weight is 309 g/mol. The molecule has 2 aromatic heterocycles. The van der Waals surface area contributed by atoms with Crippen LogP contribution in [0.15, 0.2) is 0 Å². The minimum absolute atomic E-state index is 0.0318. The fraction of sp³-hybridized carbons (Fsp3) is 0.615. The Balaban J connectivity index is 1.60. The highest BCUT2D eigenvalue weighted by molar-refractivity contribution is 7.19. The number of hydrogen-bond donors (Lipinski definition) is 1. The van der Waals surface area contributed by atoms with Gasteiger partial charge in [0.05, 0.1) is 13.2 Å². The molecule has 3 heterocycles. The number of morpholine rings is 1. The molecule has 3 rings (SSSR count). The molecule has 1 aliphatic heterocycles. The number of ether oxygens (including phenoxy) is 1. The Bertz CT molecular complexity index is 644. The fourth-order valence-corrected chi connectivity index (χ4v) is 3.53. The number of nitrogens with one attached hydrogen (secondary N) is 1. The van der Waals surface area contributed by atoms with Gasteiger partial charge in [-0.2, -0.15) is 0 Å². The second-order valence-electron chi connectivity index (χ2n) is 5.09. The van der Waals surface area contributed by atoms with E-state index in [1.54, 1.807) is 0 Å². The molecule has 0 radical (unpaired) electrons. The van der Waals surface area contributed by atoms with Crippen LogP contribution in [0.5, 0.6) is 0 Å². The van der Waals surface area contributed by atoms with Crippen LogP contribution in [0.4, 0.5) is 0 Å². The summed E-state index contributed by atoms with van der Waals surface area (Å²) in [4.78, 5) is 16.1. The molecule has 21 heavy (non-hydrogen) atoms. The lowest BCUT2D eigenvalue weighted by atomic mass is 10.3. The summed E-state index contributed by atoms with van der Waals surface area (Å²) in [5.41, 5.74) is 0.904.